The summed E-state index contributed by atoms with van der Waals surface area (Å²) in [5.41, 5.74) is -1.70. The van der Waals surface area contributed by atoms with Gasteiger partial charge in [-0.15, -0.1) is 0 Å². The van der Waals surface area contributed by atoms with Crippen LogP contribution in [-0.4, -0.2) is 4.92 Å². The molecular weight excluding hydrogens is 199 g/mol. The summed E-state index contributed by atoms with van der Waals surface area (Å²) in [4.78, 5) is 9.36. The predicted molar refractivity (Wildman–Crippen MR) is 42.6 cm³/mol. The highest BCUT2D eigenvalue weighted by molar-refractivity contribution is 5.41. The SMILES string of the molecule is [CH2]c1cc([N+](=O)[O-])cc(C(F)(F)F)c1. The Labute approximate surface area is 77.3 Å². The molecule has 0 aromatic heterocycles. The molecule has 0 heterocycles. The Morgan fingerprint density at radius 1 is 1.29 bits per heavy atom. The molecule has 0 bridgehead atoms. The first-order chi connectivity index (χ1) is 6.30. The van der Waals surface area contributed by atoms with E-state index in [1.54, 1.807) is 0 Å². The molecule has 0 unspecified atom stereocenters. The van der Waals surface area contributed by atoms with E-state index in [2.05, 4.69) is 6.92 Å². The number of hydrogen-bond donors (Lipinski definition) is 0. The van der Waals surface area contributed by atoms with Crippen LogP contribution in [-0.2, 0) is 6.18 Å². The topological polar surface area (TPSA) is 43.1 Å². The van der Waals surface area contributed by atoms with Crippen molar-refractivity contribution in [3.63, 3.8) is 0 Å². The maximum atomic E-state index is 12.2. The van der Waals surface area contributed by atoms with Crippen LogP contribution in [0.2, 0.25) is 0 Å². The molecule has 3 nitrogen and oxygen atoms in total. The zero-order valence-electron chi connectivity index (χ0n) is 6.84. The van der Waals surface area contributed by atoms with Crippen molar-refractivity contribution in [1.29, 1.82) is 0 Å². The van der Waals surface area contributed by atoms with Crippen LogP contribution in [0.15, 0.2) is 18.2 Å². The number of nitrogens with zero attached hydrogens (tertiary/aromatic N) is 1. The number of non-ortho nitro benzene ring substituents is 1. The molecule has 1 aromatic rings. The number of alkyl halides is 3. The average Bonchev–Trinajstić information content (AvgIpc) is 2.01. The van der Waals surface area contributed by atoms with Crippen molar-refractivity contribution in [2.24, 2.45) is 0 Å². The van der Waals surface area contributed by atoms with Crippen LogP contribution in [0.5, 0.6) is 0 Å². The molecule has 6 heteroatoms. The summed E-state index contributed by atoms with van der Waals surface area (Å²) in [5.74, 6) is 0. The third kappa shape index (κ3) is 2.21. The molecule has 0 aliphatic heterocycles. The van der Waals surface area contributed by atoms with Crippen LogP contribution >= 0.6 is 0 Å². The lowest BCUT2D eigenvalue weighted by Gasteiger charge is -2.06. The predicted octanol–water partition coefficient (Wildman–Crippen LogP) is 2.80. The fourth-order valence-electron chi connectivity index (χ4n) is 0.943. The normalized spacial score (nSPS) is 11.4. The quantitative estimate of drug-likeness (QED) is 0.521. The van der Waals surface area contributed by atoms with Gasteiger partial charge in [-0.1, -0.05) is 0 Å². The number of nitro benzene ring substituents is 1. The Kier molecular flexibility index (Phi) is 2.46. The van der Waals surface area contributed by atoms with E-state index >= 15 is 0 Å². The standard InChI is InChI=1S/C8H5F3NO2/c1-5-2-6(8(9,10)11)4-7(3-5)12(13)14/h2-4H,1H2. The van der Waals surface area contributed by atoms with Crippen LogP contribution in [0.4, 0.5) is 18.9 Å². The van der Waals surface area contributed by atoms with Gasteiger partial charge in [-0.25, -0.2) is 0 Å². The van der Waals surface area contributed by atoms with Crippen LogP contribution < -0.4 is 0 Å². The number of benzene rings is 1. The summed E-state index contributed by atoms with van der Waals surface area (Å²) in [7, 11) is 0. The van der Waals surface area contributed by atoms with Gasteiger partial charge in [0.2, 0.25) is 0 Å². The third-order valence-electron chi connectivity index (χ3n) is 1.52. The number of nitro groups is 1. The number of rotatable bonds is 1. The van der Waals surface area contributed by atoms with E-state index in [1.807, 2.05) is 0 Å². The molecule has 0 N–H and O–H groups in total. The highest BCUT2D eigenvalue weighted by Crippen LogP contribution is 2.32. The van der Waals surface area contributed by atoms with E-state index in [0.717, 1.165) is 12.1 Å². The molecule has 75 valence electrons. The molecule has 0 amide bonds. The first-order valence-corrected chi connectivity index (χ1v) is 3.49. The Bertz CT molecular complexity index is 373. The second kappa shape index (κ2) is 3.28. The van der Waals surface area contributed by atoms with Gasteiger partial charge in [0, 0.05) is 12.1 Å². The first kappa shape index (κ1) is 10.5. The van der Waals surface area contributed by atoms with Crippen LogP contribution in [0.25, 0.3) is 0 Å². The van der Waals surface area contributed by atoms with Gasteiger partial charge in [0.15, 0.2) is 0 Å². The van der Waals surface area contributed by atoms with E-state index in [9.17, 15) is 23.3 Å². The second-order valence-corrected chi connectivity index (χ2v) is 2.64. The van der Waals surface area contributed by atoms with Gasteiger partial charge in [0.05, 0.1) is 10.5 Å². The minimum atomic E-state index is -4.58. The molecule has 0 fully saturated rings. The summed E-state index contributed by atoms with van der Waals surface area (Å²) < 4.78 is 36.5. The van der Waals surface area contributed by atoms with Gasteiger partial charge in [-0.05, 0) is 18.6 Å². The number of halogens is 3. The molecule has 0 aliphatic carbocycles. The smallest absolute Gasteiger partial charge is 0.258 e. The summed E-state index contributed by atoms with van der Waals surface area (Å²) in [6.45, 7) is 3.23. The monoisotopic (exact) mass is 204 g/mol. The van der Waals surface area contributed by atoms with Crippen molar-refractivity contribution in [1.82, 2.24) is 0 Å². The second-order valence-electron chi connectivity index (χ2n) is 2.64. The summed E-state index contributed by atoms with van der Waals surface area (Å²) in [6.07, 6.45) is -4.58. The Morgan fingerprint density at radius 2 is 1.86 bits per heavy atom. The van der Waals surface area contributed by atoms with E-state index in [0.29, 0.717) is 6.07 Å². The van der Waals surface area contributed by atoms with Crippen LogP contribution in [0, 0.1) is 17.0 Å². The van der Waals surface area contributed by atoms with E-state index in [4.69, 9.17) is 0 Å². The highest BCUT2D eigenvalue weighted by Gasteiger charge is 2.32. The van der Waals surface area contributed by atoms with Crippen molar-refractivity contribution in [3.05, 3.63) is 46.4 Å². The largest absolute Gasteiger partial charge is 0.416 e. The Morgan fingerprint density at radius 3 is 2.29 bits per heavy atom. The van der Waals surface area contributed by atoms with Crippen molar-refractivity contribution in [3.8, 4) is 0 Å². The fourth-order valence-corrected chi connectivity index (χ4v) is 0.943. The van der Waals surface area contributed by atoms with Crippen molar-refractivity contribution < 1.29 is 18.1 Å². The molecule has 0 saturated heterocycles. The van der Waals surface area contributed by atoms with Crippen molar-refractivity contribution >= 4 is 5.69 Å². The summed E-state index contributed by atoms with van der Waals surface area (Å²) in [6, 6.07) is 2.22. The Hall–Kier alpha value is -1.59. The highest BCUT2D eigenvalue weighted by atomic mass is 19.4. The van der Waals surface area contributed by atoms with Gasteiger partial charge in [-0.2, -0.15) is 13.2 Å². The Balaban J connectivity index is 3.28. The molecular formula is C8H5F3NO2. The molecule has 0 spiro atoms. The minimum Gasteiger partial charge on any atom is -0.258 e. The molecule has 1 aromatic carbocycles. The summed E-state index contributed by atoms with van der Waals surface area (Å²) in [5, 5.41) is 10.2. The van der Waals surface area contributed by atoms with Gasteiger partial charge < -0.3 is 0 Å². The first-order valence-electron chi connectivity index (χ1n) is 3.49. The maximum Gasteiger partial charge on any atom is 0.416 e. The van der Waals surface area contributed by atoms with Crippen LogP contribution in [0.1, 0.15) is 11.1 Å². The lowest BCUT2D eigenvalue weighted by Crippen LogP contribution is -2.06. The molecule has 0 atom stereocenters. The van der Waals surface area contributed by atoms with E-state index in [1.165, 1.54) is 0 Å². The van der Waals surface area contributed by atoms with Gasteiger partial charge >= 0.3 is 6.18 Å². The molecule has 14 heavy (non-hydrogen) atoms. The zero-order chi connectivity index (χ0) is 10.9. The fraction of sp³-hybridized carbons (Fsp3) is 0.125. The lowest BCUT2D eigenvalue weighted by atomic mass is 10.1. The average molecular weight is 204 g/mol. The lowest BCUT2D eigenvalue weighted by molar-refractivity contribution is -0.385. The molecule has 1 rings (SSSR count). The molecule has 0 saturated carbocycles. The molecule has 1 radical (unpaired) electrons. The van der Waals surface area contributed by atoms with Crippen molar-refractivity contribution in [2.45, 2.75) is 6.18 Å². The van der Waals surface area contributed by atoms with E-state index in [-0.39, 0.29) is 5.56 Å². The molecule has 0 aliphatic rings. The van der Waals surface area contributed by atoms with Gasteiger partial charge in [0.1, 0.15) is 0 Å². The summed E-state index contributed by atoms with van der Waals surface area (Å²) >= 11 is 0. The number of hydrogen-bond acceptors (Lipinski definition) is 2. The third-order valence-corrected chi connectivity index (χ3v) is 1.52. The van der Waals surface area contributed by atoms with E-state index < -0.39 is 22.4 Å². The van der Waals surface area contributed by atoms with Gasteiger partial charge in [-0.3, -0.25) is 10.1 Å². The maximum absolute atomic E-state index is 12.2. The van der Waals surface area contributed by atoms with Crippen molar-refractivity contribution in [2.75, 3.05) is 0 Å². The van der Waals surface area contributed by atoms with Gasteiger partial charge in [0.25, 0.3) is 5.69 Å². The minimum absolute atomic E-state index is 0.0356. The zero-order valence-corrected chi connectivity index (χ0v) is 6.84. The van der Waals surface area contributed by atoms with Crippen LogP contribution in [0.3, 0.4) is 0 Å².